The van der Waals surface area contributed by atoms with Gasteiger partial charge in [-0.2, -0.15) is 0 Å². The van der Waals surface area contributed by atoms with Crippen molar-refractivity contribution in [2.75, 3.05) is 13.6 Å². The van der Waals surface area contributed by atoms with Gasteiger partial charge in [-0.3, -0.25) is 4.79 Å². The maximum Gasteiger partial charge on any atom is 0.246 e. The molecule has 0 spiro atoms. The van der Waals surface area contributed by atoms with Crippen LogP contribution in [0.2, 0.25) is 0 Å². The zero-order valence-corrected chi connectivity index (χ0v) is 11.1. The first kappa shape index (κ1) is 16.9. The van der Waals surface area contributed by atoms with E-state index in [9.17, 15) is 4.79 Å². The van der Waals surface area contributed by atoms with E-state index in [0.29, 0.717) is 0 Å². The molecule has 0 saturated carbocycles. The number of nitrogens with zero attached hydrogens (tertiary/aromatic N) is 1. The first-order chi connectivity index (χ1) is 6.50. The minimum absolute atomic E-state index is 0. The number of hydrogen-bond donors (Lipinski definition) is 1. The number of nitrogens with one attached hydrogen (secondary N) is 1. The van der Waals surface area contributed by atoms with Gasteiger partial charge in [-0.05, 0) is 34.7 Å². The van der Waals surface area contributed by atoms with Crippen molar-refractivity contribution in [2.24, 2.45) is 0 Å². The predicted molar refractivity (Wildman–Crippen MR) is 67.4 cm³/mol. The van der Waals surface area contributed by atoms with Crippen molar-refractivity contribution in [3.63, 3.8) is 0 Å². The summed E-state index contributed by atoms with van der Waals surface area (Å²) in [6.07, 6.45) is 3.48. The summed E-state index contributed by atoms with van der Waals surface area (Å²) < 4.78 is 0. The van der Waals surface area contributed by atoms with Gasteiger partial charge in [0.2, 0.25) is 5.91 Å². The lowest BCUT2D eigenvalue weighted by Gasteiger charge is -2.29. The smallest absolute Gasteiger partial charge is 0.246 e. The van der Waals surface area contributed by atoms with Crippen LogP contribution in [0.4, 0.5) is 0 Å². The van der Waals surface area contributed by atoms with Crippen molar-refractivity contribution < 1.29 is 4.79 Å². The fraction of sp³-hybridized carbons (Fsp3) is 0.727. The molecule has 0 atom stereocenters. The van der Waals surface area contributed by atoms with Crippen molar-refractivity contribution in [2.45, 2.75) is 39.8 Å². The maximum atomic E-state index is 11.7. The highest BCUT2D eigenvalue weighted by atomic mass is 35.5. The lowest BCUT2D eigenvalue weighted by atomic mass is 10.2. The molecule has 4 heteroatoms. The molecule has 0 aromatic carbocycles. The number of amides is 1. The predicted octanol–water partition coefficient (Wildman–Crippen LogP) is 1.83. The molecule has 0 unspecified atom stereocenters. The Morgan fingerprint density at radius 3 is 2.07 bits per heavy atom. The Labute approximate surface area is 99.3 Å². The van der Waals surface area contributed by atoms with Gasteiger partial charge in [0.05, 0.1) is 0 Å². The van der Waals surface area contributed by atoms with Gasteiger partial charge in [0.1, 0.15) is 0 Å². The summed E-state index contributed by atoms with van der Waals surface area (Å²) in [6.45, 7) is 8.86. The third-order valence-corrected chi connectivity index (χ3v) is 1.95. The van der Waals surface area contributed by atoms with E-state index >= 15 is 0 Å². The molecule has 1 amide bonds. The summed E-state index contributed by atoms with van der Waals surface area (Å²) in [5.74, 6) is 0.0882. The zero-order chi connectivity index (χ0) is 11.1. The van der Waals surface area contributed by atoms with Gasteiger partial charge in [-0.25, -0.2) is 0 Å². The van der Waals surface area contributed by atoms with Crippen LogP contribution in [0.15, 0.2) is 12.2 Å². The SMILES string of the molecule is CNC/C=C/C(=O)N(C(C)C)C(C)C.Cl. The molecule has 3 nitrogen and oxygen atoms in total. The summed E-state index contributed by atoms with van der Waals surface area (Å²) >= 11 is 0. The number of halogens is 1. The first-order valence-electron chi connectivity index (χ1n) is 5.14. The summed E-state index contributed by atoms with van der Waals surface area (Å²) in [6, 6.07) is 0.503. The van der Waals surface area contributed by atoms with Gasteiger partial charge >= 0.3 is 0 Å². The van der Waals surface area contributed by atoms with Gasteiger partial charge in [0.15, 0.2) is 0 Å². The Hall–Kier alpha value is -0.540. The number of rotatable bonds is 5. The second kappa shape index (κ2) is 8.74. The van der Waals surface area contributed by atoms with Crippen LogP contribution in [-0.2, 0) is 4.79 Å². The Morgan fingerprint density at radius 1 is 1.27 bits per heavy atom. The molecule has 0 bridgehead atoms. The maximum absolute atomic E-state index is 11.7. The fourth-order valence-electron chi connectivity index (χ4n) is 1.47. The highest BCUT2D eigenvalue weighted by molar-refractivity contribution is 5.88. The lowest BCUT2D eigenvalue weighted by Crippen LogP contribution is -2.41. The Balaban J connectivity index is 0. The van der Waals surface area contributed by atoms with Crippen molar-refractivity contribution in [1.29, 1.82) is 0 Å². The van der Waals surface area contributed by atoms with Crippen LogP contribution in [-0.4, -0.2) is 36.5 Å². The highest BCUT2D eigenvalue weighted by Crippen LogP contribution is 2.05. The summed E-state index contributed by atoms with van der Waals surface area (Å²) in [5, 5.41) is 2.96. The quantitative estimate of drug-likeness (QED) is 0.737. The summed E-state index contributed by atoms with van der Waals surface area (Å²) in [4.78, 5) is 13.6. The van der Waals surface area contributed by atoms with Gasteiger partial charge in [-0.15, -0.1) is 12.4 Å². The normalized spacial score (nSPS) is 10.9. The number of likely N-dealkylation sites (N-methyl/N-ethyl adjacent to an activating group) is 1. The van der Waals surface area contributed by atoms with Crippen molar-refractivity contribution >= 4 is 18.3 Å². The molecule has 90 valence electrons. The minimum atomic E-state index is 0. The Bertz CT molecular complexity index is 195. The van der Waals surface area contributed by atoms with E-state index in [1.807, 2.05) is 45.7 Å². The second-order valence-electron chi connectivity index (χ2n) is 3.89. The van der Waals surface area contributed by atoms with Crippen molar-refractivity contribution in [1.82, 2.24) is 10.2 Å². The molecule has 1 N–H and O–H groups in total. The average molecular weight is 235 g/mol. The van der Waals surface area contributed by atoms with Crippen molar-refractivity contribution in [3.8, 4) is 0 Å². The molecule has 0 heterocycles. The Morgan fingerprint density at radius 2 is 1.73 bits per heavy atom. The van der Waals surface area contributed by atoms with E-state index < -0.39 is 0 Å². The van der Waals surface area contributed by atoms with E-state index in [2.05, 4.69) is 5.32 Å². The van der Waals surface area contributed by atoms with Crippen LogP contribution in [0.3, 0.4) is 0 Å². The van der Waals surface area contributed by atoms with Gasteiger partial charge in [0.25, 0.3) is 0 Å². The molecule has 0 aromatic heterocycles. The van der Waals surface area contributed by atoms with Crippen LogP contribution in [0.25, 0.3) is 0 Å². The van der Waals surface area contributed by atoms with Crippen LogP contribution >= 0.6 is 12.4 Å². The van der Waals surface area contributed by atoms with E-state index in [1.165, 1.54) is 0 Å². The van der Waals surface area contributed by atoms with Crippen LogP contribution in [0, 0.1) is 0 Å². The Kier molecular flexibility index (Phi) is 9.84. The van der Waals surface area contributed by atoms with Gasteiger partial charge in [-0.1, -0.05) is 6.08 Å². The molecule has 0 aromatic rings. The van der Waals surface area contributed by atoms with E-state index in [1.54, 1.807) is 6.08 Å². The number of carbonyl (C=O) groups excluding carboxylic acids is 1. The second-order valence-corrected chi connectivity index (χ2v) is 3.89. The van der Waals surface area contributed by atoms with Crippen molar-refractivity contribution in [3.05, 3.63) is 12.2 Å². The molecular weight excluding hydrogens is 212 g/mol. The fourth-order valence-corrected chi connectivity index (χ4v) is 1.47. The molecule has 0 aliphatic carbocycles. The van der Waals surface area contributed by atoms with Crippen LogP contribution < -0.4 is 5.32 Å². The van der Waals surface area contributed by atoms with E-state index in [4.69, 9.17) is 0 Å². The van der Waals surface area contributed by atoms with Gasteiger partial charge < -0.3 is 10.2 Å². The minimum Gasteiger partial charge on any atom is -0.334 e. The zero-order valence-electron chi connectivity index (χ0n) is 10.3. The molecule has 15 heavy (non-hydrogen) atoms. The third-order valence-electron chi connectivity index (χ3n) is 1.95. The number of carbonyl (C=O) groups is 1. The topological polar surface area (TPSA) is 32.3 Å². The molecular formula is C11H23ClN2O. The highest BCUT2D eigenvalue weighted by Gasteiger charge is 2.16. The van der Waals surface area contributed by atoms with Gasteiger partial charge in [0, 0.05) is 24.7 Å². The van der Waals surface area contributed by atoms with E-state index in [-0.39, 0.29) is 30.4 Å². The molecule has 0 radical (unpaired) electrons. The van der Waals surface area contributed by atoms with Crippen LogP contribution in [0.5, 0.6) is 0 Å². The summed E-state index contributed by atoms with van der Waals surface area (Å²) in [5.41, 5.74) is 0. The lowest BCUT2D eigenvalue weighted by molar-refractivity contribution is -0.129. The molecule has 0 aliphatic rings. The standard InChI is InChI=1S/C11H22N2O.ClH/c1-9(2)13(10(3)4)11(14)7-6-8-12-5;/h6-7,9-10,12H,8H2,1-5H3;1H/b7-6+;. The summed E-state index contributed by atoms with van der Waals surface area (Å²) in [7, 11) is 1.86. The average Bonchev–Trinajstić information content (AvgIpc) is 2.03. The number of hydrogen-bond acceptors (Lipinski definition) is 2. The largest absolute Gasteiger partial charge is 0.334 e. The third kappa shape index (κ3) is 6.52. The monoisotopic (exact) mass is 234 g/mol. The van der Waals surface area contributed by atoms with E-state index in [0.717, 1.165) is 6.54 Å². The molecule has 0 fully saturated rings. The molecule has 0 rings (SSSR count). The first-order valence-corrected chi connectivity index (χ1v) is 5.14. The van der Waals surface area contributed by atoms with Crippen LogP contribution in [0.1, 0.15) is 27.7 Å². The molecule has 0 aliphatic heterocycles. The molecule has 0 saturated heterocycles.